The van der Waals surface area contributed by atoms with Gasteiger partial charge in [-0.25, -0.2) is 0 Å². The van der Waals surface area contributed by atoms with Crippen LogP contribution in [-0.4, -0.2) is 41.1 Å². The molecule has 2 aromatic rings. The number of amides is 1. The Bertz CT molecular complexity index is 758. The van der Waals surface area contributed by atoms with Gasteiger partial charge < -0.3 is 14.7 Å². The van der Waals surface area contributed by atoms with Crippen molar-refractivity contribution in [2.75, 3.05) is 13.2 Å². The lowest BCUT2D eigenvalue weighted by Crippen LogP contribution is -2.49. The third-order valence-corrected chi connectivity index (χ3v) is 4.63. The number of carboxylic acid groups (broad SMARTS) is 1. The Kier molecular flexibility index (Phi) is 4.69. The van der Waals surface area contributed by atoms with Crippen molar-refractivity contribution in [3.8, 4) is 5.75 Å². The average Bonchev–Trinajstić information content (AvgIpc) is 2.59. The molecule has 2 atom stereocenters. The van der Waals surface area contributed by atoms with Crippen LogP contribution in [0.4, 0.5) is 0 Å². The summed E-state index contributed by atoms with van der Waals surface area (Å²) in [4.78, 5) is 25.2. The third-order valence-electron chi connectivity index (χ3n) is 4.63. The largest absolute Gasteiger partial charge is 0.484 e. The van der Waals surface area contributed by atoms with Crippen LogP contribution in [0, 0.1) is 5.92 Å². The Morgan fingerprint density at radius 3 is 2.67 bits per heavy atom. The lowest BCUT2D eigenvalue weighted by Gasteiger charge is -2.36. The van der Waals surface area contributed by atoms with Gasteiger partial charge in [-0.3, -0.25) is 9.59 Å². The van der Waals surface area contributed by atoms with Crippen molar-refractivity contribution in [2.24, 2.45) is 5.92 Å². The molecule has 0 bridgehead atoms. The van der Waals surface area contributed by atoms with Crippen LogP contribution in [0.5, 0.6) is 5.75 Å². The molecule has 1 fully saturated rings. The number of fused-ring (bicyclic) bond motifs is 1. The zero-order valence-electron chi connectivity index (χ0n) is 13.6. The Balaban J connectivity index is 1.64. The Morgan fingerprint density at radius 1 is 1.17 bits per heavy atom. The van der Waals surface area contributed by atoms with Gasteiger partial charge in [-0.05, 0) is 42.7 Å². The number of likely N-dealkylation sites (tertiary alicyclic amines) is 1. The number of aliphatic carboxylic acids is 1. The van der Waals surface area contributed by atoms with E-state index in [0.717, 1.165) is 10.8 Å². The number of piperidine rings is 1. The summed E-state index contributed by atoms with van der Waals surface area (Å²) < 4.78 is 5.63. The molecule has 24 heavy (non-hydrogen) atoms. The van der Waals surface area contributed by atoms with Crippen LogP contribution in [-0.2, 0) is 9.59 Å². The molecule has 5 nitrogen and oxygen atoms in total. The van der Waals surface area contributed by atoms with Gasteiger partial charge in [0.25, 0.3) is 5.91 Å². The molecule has 1 amide bonds. The van der Waals surface area contributed by atoms with Crippen LogP contribution in [0.15, 0.2) is 42.5 Å². The summed E-state index contributed by atoms with van der Waals surface area (Å²) in [6.07, 6.45) is 1.32. The number of hydrogen-bond acceptors (Lipinski definition) is 3. The number of hydrogen-bond donors (Lipinski definition) is 1. The lowest BCUT2D eigenvalue weighted by molar-refractivity contribution is -0.147. The van der Waals surface area contributed by atoms with E-state index in [-0.39, 0.29) is 25.1 Å². The second kappa shape index (κ2) is 6.91. The van der Waals surface area contributed by atoms with Crippen LogP contribution in [0.1, 0.15) is 19.8 Å². The minimum absolute atomic E-state index is 0.0494. The summed E-state index contributed by atoms with van der Waals surface area (Å²) >= 11 is 0. The molecule has 3 rings (SSSR count). The van der Waals surface area contributed by atoms with Crippen LogP contribution < -0.4 is 4.74 Å². The smallest absolute Gasteiger partial charge is 0.308 e. The summed E-state index contributed by atoms with van der Waals surface area (Å²) in [6.45, 7) is 2.14. The highest BCUT2D eigenvalue weighted by molar-refractivity contribution is 5.84. The van der Waals surface area contributed by atoms with Crippen LogP contribution in [0.3, 0.4) is 0 Å². The molecule has 2 unspecified atom stereocenters. The number of carbonyl (C=O) groups excluding carboxylic acids is 1. The number of carbonyl (C=O) groups is 2. The minimum atomic E-state index is -0.838. The molecular weight excluding hydrogens is 306 g/mol. The van der Waals surface area contributed by atoms with Crippen molar-refractivity contribution >= 4 is 22.6 Å². The quantitative estimate of drug-likeness (QED) is 0.937. The maximum Gasteiger partial charge on any atom is 0.308 e. The summed E-state index contributed by atoms with van der Waals surface area (Å²) in [5.41, 5.74) is 0. The van der Waals surface area contributed by atoms with E-state index in [4.69, 9.17) is 9.84 Å². The second-order valence-corrected chi connectivity index (χ2v) is 6.31. The number of ether oxygens (including phenoxy) is 1. The molecule has 0 saturated carbocycles. The number of benzene rings is 2. The average molecular weight is 327 g/mol. The van der Waals surface area contributed by atoms with Gasteiger partial charge in [0.05, 0.1) is 5.92 Å². The molecule has 0 radical (unpaired) electrons. The number of rotatable bonds is 4. The fourth-order valence-electron chi connectivity index (χ4n) is 3.14. The summed E-state index contributed by atoms with van der Waals surface area (Å²) in [5.74, 6) is -0.843. The van der Waals surface area contributed by atoms with Crippen molar-refractivity contribution in [3.63, 3.8) is 0 Å². The fourth-order valence-corrected chi connectivity index (χ4v) is 3.14. The first-order valence-electron chi connectivity index (χ1n) is 8.18. The van der Waals surface area contributed by atoms with Crippen molar-refractivity contribution in [1.29, 1.82) is 0 Å². The molecule has 5 heteroatoms. The van der Waals surface area contributed by atoms with Gasteiger partial charge in [-0.2, -0.15) is 0 Å². The van der Waals surface area contributed by atoms with E-state index in [9.17, 15) is 9.59 Å². The van der Waals surface area contributed by atoms with Crippen molar-refractivity contribution in [2.45, 2.75) is 25.8 Å². The molecule has 1 heterocycles. The SMILES string of the molecule is CC1CCC(C(=O)O)CN1C(=O)COc1ccc2ccccc2c1. The highest BCUT2D eigenvalue weighted by Crippen LogP contribution is 2.23. The third kappa shape index (κ3) is 3.50. The highest BCUT2D eigenvalue weighted by atomic mass is 16.5. The van der Waals surface area contributed by atoms with Gasteiger partial charge in [0.15, 0.2) is 6.61 Å². The van der Waals surface area contributed by atoms with E-state index in [1.807, 2.05) is 49.4 Å². The topological polar surface area (TPSA) is 66.8 Å². The maximum atomic E-state index is 12.4. The second-order valence-electron chi connectivity index (χ2n) is 6.31. The van der Waals surface area contributed by atoms with Gasteiger partial charge in [-0.15, -0.1) is 0 Å². The normalized spacial score (nSPS) is 20.8. The zero-order chi connectivity index (χ0) is 17.1. The van der Waals surface area contributed by atoms with Crippen LogP contribution in [0.25, 0.3) is 10.8 Å². The molecule has 0 spiro atoms. The van der Waals surface area contributed by atoms with Gasteiger partial charge in [0.2, 0.25) is 0 Å². The molecule has 0 aliphatic carbocycles. The molecule has 1 N–H and O–H groups in total. The van der Waals surface area contributed by atoms with Crippen molar-refractivity contribution in [1.82, 2.24) is 4.90 Å². The van der Waals surface area contributed by atoms with Crippen LogP contribution >= 0.6 is 0 Å². The van der Waals surface area contributed by atoms with E-state index < -0.39 is 11.9 Å². The first-order chi connectivity index (χ1) is 11.5. The Labute approximate surface area is 140 Å². The lowest BCUT2D eigenvalue weighted by atomic mass is 9.93. The number of carboxylic acids is 1. The fraction of sp³-hybridized carbons (Fsp3) is 0.368. The minimum Gasteiger partial charge on any atom is -0.484 e. The molecule has 2 aromatic carbocycles. The Hall–Kier alpha value is -2.56. The van der Waals surface area contributed by atoms with E-state index in [1.165, 1.54) is 0 Å². The van der Waals surface area contributed by atoms with Crippen molar-refractivity contribution in [3.05, 3.63) is 42.5 Å². The predicted octanol–water partition coefficient (Wildman–Crippen LogP) is 2.93. The van der Waals surface area contributed by atoms with E-state index in [0.29, 0.717) is 18.6 Å². The van der Waals surface area contributed by atoms with Gasteiger partial charge in [0.1, 0.15) is 5.75 Å². The first-order valence-corrected chi connectivity index (χ1v) is 8.18. The van der Waals surface area contributed by atoms with Gasteiger partial charge in [-0.1, -0.05) is 30.3 Å². The highest BCUT2D eigenvalue weighted by Gasteiger charge is 2.32. The van der Waals surface area contributed by atoms with E-state index in [1.54, 1.807) is 4.90 Å². The standard InChI is InChI=1S/C19H21NO4/c1-13-6-7-16(19(22)23)11-20(13)18(21)12-24-17-9-8-14-4-2-3-5-15(14)10-17/h2-5,8-10,13,16H,6-7,11-12H2,1H3,(H,22,23). The molecule has 1 saturated heterocycles. The van der Waals surface area contributed by atoms with Crippen molar-refractivity contribution < 1.29 is 19.4 Å². The first kappa shape index (κ1) is 16.3. The predicted molar refractivity (Wildman–Crippen MR) is 91.0 cm³/mol. The Morgan fingerprint density at radius 2 is 1.92 bits per heavy atom. The molecule has 0 aromatic heterocycles. The van der Waals surface area contributed by atoms with Gasteiger partial charge >= 0.3 is 5.97 Å². The van der Waals surface area contributed by atoms with E-state index in [2.05, 4.69) is 0 Å². The number of nitrogens with zero attached hydrogens (tertiary/aromatic N) is 1. The summed E-state index contributed by atoms with van der Waals surface area (Å²) in [7, 11) is 0. The maximum absolute atomic E-state index is 12.4. The molecule has 1 aliphatic rings. The zero-order valence-corrected chi connectivity index (χ0v) is 13.6. The molecule has 126 valence electrons. The molecular formula is C19H21NO4. The summed E-state index contributed by atoms with van der Waals surface area (Å²) in [6, 6.07) is 13.7. The molecule has 1 aliphatic heterocycles. The summed E-state index contributed by atoms with van der Waals surface area (Å²) in [5, 5.41) is 11.3. The monoisotopic (exact) mass is 327 g/mol. The van der Waals surface area contributed by atoms with E-state index >= 15 is 0 Å². The van der Waals surface area contributed by atoms with Gasteiger partial charge in [0, 0.05) is 12.6 Å². The van der Waals surface area contributed by atoms with Crippen LogP contribution in [0.2, 0.25) is 0 Å².